The Bertz CT molecular complexity index is 415. The van der Waals surface area contributed by atoms with Crippen molar-refractivity contribution in [2.45, 2.75) is 47.1 Å². The molecule has 0 aliphatic rings. The van der Waals surface area contributed by atoms with Crippen molar-refractivity contribution in [3.8, 4) is 5.75 Å². The fraction of sp³-hybridized carbons (Fsp3) is 0.533. The number of nitrogens with two attached hydrogens (primary N) is 1. The zero-order valence-electron chi connectivity index (χ0n) is 11.9. The Balaban J connectivity index is 2.82. The van der Waals surface area contributed by atoms with Crippen molar-refractivity contribution in [1.82, 2.24) is 0 Å². The maximum absolute atomic E-state index is 11.9. The Labute approximate surface area is 109 Å². The predicted molar refractivity (Wildman–Crippen MR) is 73.7 cm³/mol. The van der Waals surface area contributed by atoms with Gasteiger partial charge in [-0.1, -0.05) is 31.5 Å². The van der Waals surface area contributed by atoms with Crippen LogP contribution in [0.1, 0.15) is 37.0 Å². The first-order valence-electron chi connectivity index (χ1n) is 6.36. The van der Waals surface area contributed by atoms with Crippen LogP contribution in [-0.2, 0) is 4.79 Å². The summed E-state index contributed by atoms with van der Waals surface area (Å²) in [5.41, 5.74) is 8.92. The highest BCUT2D eigenvalue weighted by Gasteiger charge is 2.19. The molecule has 0 aliphatic carbocycles. The molecule has 100 valence electrons. The van der Waals surface area contributed by atoms with E-state index in [1.165, 1.54) is 0 Å². The average Bonchev–Trinajstić information content (AvgIpc) is 2.21. The summed E-state index contributed by atoms with van der Waals surface area (Å²) in [4.78, 5) is 11.9. The molecular formula is C15H23NO2. The van der Waals surface area contributed by atoms with E-state index < -0.39 is 6.04 Å². The average molecular weight is 249 g/mol. The van der Waals surface area contributed by atoms with E-state index in [0.717, 1.165) is 16.7 Å². The van der Waals surface area contributed by atoms with Crippen LogP contribution in [0.2, 0.25) is 0 Å². The summed E-state index contributed by atoms with van der Waals surface area (Å²) in [6, 6.07) is 3.46. The van der Waals surface area contributed by atoms with Crippen molar-refractivity contribution in [1.29, 1.82) is 0 Å². The van der Waals surface area contributed by atoms with Crippen LogP contribution in [0.3, 0.4) is 0 Å². The molecule has 0 aliphatic heterocycles. The summed E-state index contributed by atoms with van der Waals surface area (Å²) in [6.07, 6.45) is 0.642. The molecule has 0 aromatic heterocycles. The first-order chi connectivity index (χ1) is 8.31. The Kier molecular flexibility index (Phi) is 4.91. The number of hydrogen-bond donors (Lipinski definition) is 1. The van der Waals surface area contributed by atoms with Crippen LogP contribution >= 0.6 is 0 Å². The molecule has 0 saturated carbocycles. The zero-order chi connectivity index (χ0) is 13.9. The number of rotatable bonds is 4. The van der Waals surface area contributed by atoms with Crippen LogP contribution in [0.5, 0.6) is 5.75 Å². The molecule has 3 heteroatoms. The molecule has 1 aromatic rings. The second-order valence-corrected chi connectivity index (χ2v) is 5.38. The van der Waals surface area contributed by atoms with Gasteiger partial charge in [-0.2, -0.15) is 0 Å². The summed E-state index contributed by atoms with van der Waals surface area (Å²) in [5.74, 6) is 0.677. The Morgan fingerprint density at radius 3 is 2.17 bits per heavy atom. The second kappa shape index (κ2) is 6.01. The number of benzene rings is 1. The van der Waals surface area contributed by atoms with Crippen molar-refractivity contribution < 1.29 is 9.53 Å². The van der Waals surface area contributed by atoms with Crippen molar-refractivity contribution in [2.24, 2.45) is 11.7 Å². The van der Waals surface area contributed by atoms with Gasteiger partial charge in [-0.25, -0.2) is 4.79 Å². The van der Waals surface area contributed by atoms with Crippen LogP contribution in [0.15, 0.2) is 12.1 Å². The maximum Gasteiger partial charge on any atom is 0.328 e. The van der Waals surface area contributed by atoms with Crippen molar-refractivity contribution >= 4 is 5.97 Å². The SMILES string of the molecule is Cc1cc(C)c(OC(=O)C(N)CC(C)C)c(C)c1. The summed E-state index contributed by atoms with van der Waals surface area (Å²) < 4.78 is 5.43. The molecule has 2 N–H and O–H groups in total. The molecule has 1 atom stereocenters. The Morgan fingerprint density at radius 2 is 1.72 bits per heavy atom. The van der Waals surface area contributed by atoms with E-state index in [1.807, 2.05) is 46.8 Å². The standard InChI is InChI=1S/C15H23NO2/c1-9(2)6-13(16)15(17)18-14-11(4)7-10(3)8-12(14)5/h7-9,13H,6,16H2,1-5H3. The Hall–Kier alpha value is -1.35. The lowest BCUT2D eigenvalue weighted by molar-refractivity contribution is -0.136. The van der Waals surface area contributed by atoms with Crippen molar-refractivity contribution in [2.75, 3.05) is 0 Å². The van der Waals surface area contributed by atoms with Gasteiger partial charge in [0, 0.05) is 0 Å². The van der Waals surface area contributed by atoms with Crippen LogP contribution in [0.4, 0.5) is 0 Å². The summed E-state index contributed by atoms with van der Waals surface area (Å²) >= 11 is 0. The van der Waals surface area contributed by atoms with Gasteiger partial charge in [-0.3, -0.25) is 0 Å². The monoisotopic (exact) mass is 249 g/mol. The number of esters is 1. The predicted octanol–water partition coefficient (Wildman–Crippen LogP) is 2.89. The van der Waals surface area contributed by atoms with Crippen LogP contribution in [-0.4, -0.2) is 12.0 Å². The van der Waals surface area contributed by atoms with Gasteiger partial charge in [0.1, 0.15) is 11.8 Å². The minimum absolute atomic E-state index is 0.348. The Morgan fingerprint density at radius 1 is 1.22 bits per heavy atom. The van der Waals surface area contributed by atoms with E-state index in [2.05, 4.69) is 0 Å². The lowest BCUT2D eigenvalue weighted by Crippen LogP contribution is -2.35. The first kappa shape index (κ1) is 14.7. The highest BCUT2D eigenvalue weighted by Crippen LogP contribution is 2.25. The van der Waals surface area contributed by atoms with Gasteiger partial charge in [-0.15, -0.1) is 0 Å². The minimum Gasteiger partial charge on any atom is -0.425 e. The van der Waals surface area contributed by atoms with Crippen LogP contribution in [0.25, 0.3) is 0 Å². The molecule has 0 bridgehead atoms. The van der Waals surface area contributed by atoms with Crippen LogP contribution in [0, 0.1) is 26.7 Å². The molecule has 1 rings (SSSR count). The highest BCUT2D eigenvalue weighted by atomic mass is 16.5. The van der Waals surface area contributed by atoms with Gasteiger partial charge in [0.25, 0.3) is 0 Å². The molecule has 1 aromatic carbocycles. The van der Waals surface area contributed by atoms with Crippen molar-refractivity contribution in [3.63, 3.8) is 0 Å². The van der Waals surface area contributed by atoms with E-state index in [9.17, 15) is 4.79 Å². The van der Waals surface area contributed by atoms with E-state index in [4.69, 9.17) is 10.5 Å². The summed E-state index contributed by atoms with van der Waals surface area (Å²) in [6.45, 7) is 9.98. The van der Waals surface area contributed by atoms with Crippen LogP contribution < -0.4 is 10.5 Å². The molecule has 0 saturated heterocycles. The zero-order valence-corrected chi connectivity index (χ0v) is 11.9. The van der Waals surface area contributed by atoms with E-state index in [1.54, 1.807) is 0 Å². The third-order valence-electron chi connectivity index (χ3n) is 2.84. The maximum atomic E-state index is 11.9. The lowest BCUT2D eigenvalue weighted by Gasteiger charge is -2.16. The molecule has 0 fully saturated rings. The fourth-order valence-electron chi connectivity index (χ4n) is 2.11. The fourth-order valence-corrected chi connectivity index (χ4v) is 2.11. The minimum atomic E-state index is -0.551. The van der Waals surface area contributed by atoms with Gasteiger partial charge in [0.2, 0.25) is 0 Å². The number of carbonyl (C=O) groups excluding carboxylic acids is 1. The summed E-state index contributed by atoms with van der Waals surface area (Å²) in [7, 11) is 0. The van der Waals surface area contributed by atoms with Gasteiger partial charge < -0.3 is 10.5 Å². The third kappa shape index (κ3) is 3.84. The molecule has 1 unspecified atom stereocenters. The molecular weight excluding hydrogens is 226 g/mol. The molecule has 0 heterocycles. The van der Waals surface area contributed by atoms with E-state index >= 15 is 0 Å². The summed E-state index contributed by atoms with van der Waals surface area (Å²) in [5, 5.41) is 0. The molecule has 3 nitrogen and oxygen atoms in total. The van der Waals surface area contributed by atoms with Gasteiger partial charge in [0.15, 0.2) is 0 Å². The largest absolute Gasteiger partial charge is 0.425 e. The number of hydrogen-bond acceptors (Lipinski definition) is 3. The molecule has 0 amide bonds. The molecule has 0 spiro atoms. The lowest BCUT2D eigenvalue weighted by atomic mass is 10.0. The third-order valence-corrected chi connectivity index (χ3v) is 2.84. The number of aryl methyl sites for hydroxylation is 3. The van der Waals surface area contributed by atoms with Gasteiger partial charge in [-0.05, 0) is 44.2 Å². The highest BCUT2D eigenvalue weighted by molar-refractivity contribution is 5.78. The second-order valence-electron chi connectivity index (χ2n) is 5.38. The number of carbonyl (C=O) groups is 1. The molecule has 18 heavy (non-hydrogen) atoms. The number of ether oxygens (including phenoxy) is 1. The normalized spacial score (nSPS) is 12.6. The topological polar surface area (TPSA) is 52.3 Å². The van der Waals surface area contributed by atoms with E-state index in [-0.39, 0.29) is 5.97 Å². The molecule has 0 radical (unpaired) electrons. The van der Waals surface area contributed by atoms with Gasteiger partial charge >= 0.3 is 5.97 Å². The van der Waals surface area contributed by atoms with Crippen molar-refractivity contribution in [3.05, 3.63) is 28.8 Å². The smallest absolute Gasteiger partial charge is 0.328 e. The van der Waals surface area contributed by atoms with E-state index in [0.29, 0.717) is 18.1 Å². The quantitative estimate of drug-likeness (QED) is 0.659. The van der Waals surface area contributed by atoms with Gasteiger partial charge in [0.05, 0.1) is 0 Å². The first-order valence-corrected chi connectivity index (χ1v) is 6.36.